The number of anilines is 1. The molecule has 2 rings (SSSR count). The van der Waals surface area contributed by atoms with Crippen LogP contribution in [0, 0.1) is 0 Å². The van der Waals surface area contributed by atoms with E-state index >= 15 is 0 Å². The number of carboxylic acids is 1. The van der Waals surface area contributed by atoms with Gasteiger partial charge in [0.15, 0.2) is 5.13 Å². The van der Waals surface area contributed by atoms with Crippen LogP contribution in [0.4, 0.5) is 5.13 Å². The molecular weight excluding hydrogens is 288 g/mol. The lowest BCUT2D eigenvalue weighted by Crippen LogP contribution is -2.32. The number of carboxylic acid groups (broad SMARTS) is 1. The number of thiazole rings is 1. The summed E-state index contributed by atoms with van der Waals surface area (Å²) in [7, 11) is 0. The molecule has 0 aliphatic carbocycles. The Hall–Kier alpha value is -1.14. The van der Waals surface area contributed by atoms with Gasteiger partial charge in [-0.1, -0.05) is 32.1 Å². The Balaban J connectivity index is 2.26. The summed E-state index contributed by atoms with van der Waals surface area (Å²) in [4.78, 5) is 18.6. The van der Waals surface area contributed by atoms with Crippen molar-refractivity contribution in [1.29, 1.82) is 0 Å². The molecule has 0 saturated carbocycles. The summed E-state index contributed by atoms with van der Waals surface area (Å²) in [6.45, 7) is 10.5. The van der Waals surface area contributed by atoms with Crippen LogP contribution in [0.1, 0.15) is 55.9 Å². The normalized spacial score (nSPS) is 19.0. The predicted octanol–water partition coefficient (Wildman–Crippen LogP) is 3.14. The van der Waals surface area contributed by atoms with Crippen LogP contribution >= 0.6 is 11.3 Å². The van der Waals surface area contributed by atoms with Crippen molar-refractivity contribution in [3.63, 3.8) is 0 Å². The first-order valence-electron chi connectivity index (χ1n) is 7.44. The Labute approximate surface area is 129 Å². The molecule has 0 aromatic carbocycles. The smallest absolute Gasteiger partial charge is 0.347 e. The summed E-state index contributed by atoms with van der Waals surface area (Å²) in [5.41, 5.74) is 0.395. The molecule has 1 aliphatic heterocycles. The molecule has 0 radical (unpaired) electrons. The van der Waals surface area contributed by atoms with E-state index in [4.69, 9.17) is 4.74 Å². The Morgan fingerprint density at radius 2 is 2.24 bits per heavy atom. The second kappa shape index (κ2) is 6.32. The van der Waals surface area contributed by atoms with Crippen LogP contribution in [0.25, 0.3) is 0 Å². The minimum absolute atomic E-state index is 0.236. The molecule has 1 unspecified atom stereocenters. The van der Waals surface area contributed by atoms with E-state index in [1.165, 1.54) is 11.3 Å². The summed E-state index contributed by atoms with van der Waals surface area (Å²) in [5.74, 6) is -0.892. The fourth-order valence-electron chi connectivity index (χ4n) is 2.47. The molecule has 5 nitrogen and oxygen atoms in total. The Bertz CT molecular complexity index is 502. The first-order chi connectivity index (χ1) is 9.82. The molecule has 21 heavy (non-hydrogen) atoms. The number of hydrogen-bond acceptors (Lipinski definition) is 5. The van der Waals surface area contributed by atoms with Crippen molar-refractivity contribution in [3.05, 3.63) is 10.6 Å². The van der Waals surface area contributed by atoms with E-state index in [-0.39, 0.29) is 11.5 Å². The highest BCUT2D eigenvalue weighted by molar-refractivity contribution is 7.17. The van der Waals surface area contributed by atoms with Crippen LogP contribution < -0.4 is 4.90 Å². The van der Waals surface area contributed by atoms with E-state index in [0.717, 1.165) is 37.7 Å². The number of carbonyl (C=O) groups is 1. The number of hydrogen-bond donors (Lipinski definition) is 1. The maximum absolute atomic E-state index is 11.5. The van der Waals surface area contributed by atoms with Gasteiger partial charge in [0.2, 0.25) is 0 Å². The average Bonchev–Trinajstić information content (AvgIpc) is 3.04. The van der Waals surface area contributed by atoms with Crippen LogP contribution in [0.2, 0.25) is 0 Å². The molecular formula is C15H24N2O3S. The Morgan fingerprint density at radius 3 is 2.67 bits per heavy atom. The highest BCUT2D eigenvalue weighted by atomic mass is 32.1. The highest BCUT2D eigenvalue weighted by Gasteiger charge is 2.29. The van der Waals surface area contributed by atoms with E-state index in [1.807, 2.05) is 20.8 Å². The number of aromatic nitrogens is 1. The van der Waals surface area contributed by atoms with Gasteiger partial charge in [0.25, 0.3) is 0 Å². The monoisotopic (exact) mass is 312 g/mol. The third-order valence-corrected chi connectivity index (χ3v) is 4.72. The molecule has 1 saturated heterocycles. The van der Waals surface area contributed by atoms with Gasteiger partial charge in [-0.05, 0) is 19.8 Å². The van der Waals surface area contributed by atoms with Gasteiger partial charge in [-0.2, -0.15) is 0 Å². The molecule has 2 heterocycles. The van der Waals surface area contributed by atoms with E-state index < -0.39 is 5.97 Å². The highest BCUT2D eigenvalue weighted by Crippen LogP contribution is 2.34. The Kier molecular flexibility index (Phi) is 4.88. The van der Waals surface area contributed by atoms with Gasteiger partial charge < -0.3 is 14.7 Å². The van der Waals surface area contributed by atoms with Crippen LogP contribution in [0.15, 0.2) is 0 Å². The van der Waals surface area contributed by atoms with Crippen LogP contribution in [0.5, 0.6) is 0 Å². The molecule has 1 fully saturated rings. The zero-order chi connectivity index (χ0) is 15.6. The quantitative estimate of drug-likeness (QED) is 0.905. The van der Waals surface area contributed by atoms with E-state index in [0.29, 0.717) is 10.6 Å². The molecule has 0 amide bonds. The number of ether oxygens (including phenoxy) is 1. The molecule has 1 aromatic heterocycles. The zero-order valence-corrected chi connectivity index (χ0v) is 14.0. The van der Waals surface area contributed by atoms with Crippen molar-refractivity contribution < 1.29 is 14.6 Å². The summed E-state index contributed by atoms with van der Waals surface area (Å²) in [6.07, 6.45) is 2.41. The van der Waals surface area contributed by atoms with Crippen LogP contribution in [0.3, 0.4) is 0 Å². The van der Waals surface area contributed by atoms with Gasteiger partial charge in [-0.25, -0.2) is 9.78 Å². The molecule has 0 spiro atoms. The molecule has 1 aliphatic rings. The lowest BCUT2D eigenvalue weighted by atomic mass is 9.91. The first kappa shape index (κ1) is 16.2. The van der Waals surface area contributed by atoms with Crippen LogP contribution in [-0.4, -0.2) is 41.9 Å². The van der Waals surface area contributed by atoms with Gasteiger partial charge in [-0.15, -0.1) is 0 Å². The van der Waals surface area contributed by atoms with E-state index in [1.54, 1.807) is 0 Å². The SMILES string of the molecule is CCN(CC1CCCO1)c1nc(C(C)(C)C)c(C(=O)O)s1. The average molecular weight is 312 g/mol. The van der Waals surface area contributed by atoms with Crippen molar-refractivity contribution in [3.8, 4) is 0 Å². The molecule has 6 heteroatoms. The van der Waals surface area contributed by atoms with Gasteiger partial charge in [0.05, 0.1) is 11.8 Å². The summed E-state index contributed by atoms with van der Waals surface area (Å²) in [5, 5.41) is 10.2. The minimum atomic E-state index is -0.892. The second-order valence-electron chi connectivity index (χ2n) is 6.40. The molecule has 118 valence electrons. The standard InChI is InChI=1S/C15H24N2O3S/c1-5-17(9-10-7-6-8-20-10)14-16-12(15(2,3)4)11(21-14)13(18)19/h10H,5-9H2,1-4H3,(H,18,19). The number of nitrogens with zero attached hydrogens (tertiary/aromatic N) is 2. The third kappa shape index (κ3) is 3.74. The lowest BCUT2D eigenvalue weighted by Gasteiger charge is -2.23. The molecule has 1 atom stereocenters. The zero-order valence-electron chi connectivity index (χ0n) is 13.2. The van der Waals surface area contributed by atoms with Gasteiger partial charge >= 0.3 is 5.97 Å². The lowest BCUT2D eigenvalue weighted by molar-refractivity contribution is 0.0699. The summed E-state index contributed by atoms with van der Waals surface area (Å²) >= 11 is 1.27. The van der Waals surface area contributed by atoms with E-state index in [9.17, 15) is 9.90 Å². The number of aromatic carboxylic acids is 1. The molecule has 1 N–H and O–H groups in total. The van der Waals surface area contributed by atoms with Crippen molar-refractivity contribution in [2.75, 3.05) is 24.6 Å². The van der Waals surface area contributed by atoms with Crippen LogP contribution in [-0.2, 0) is 10.2 Å². The summed E-state index contributed by atoms with van der Waals surface area (Å²) in [6, 6.07) is 0. The predicted molar refractivity (Wildman–Crippen MR) is 84.6 cm³/mol. The van der Waals surface area contributed by atoms with Crippen molar-refractivity contribution in [2.24, 2.45) is 0 Å². The van der Waals surface area contributed by atoms with Gasteiger partial charge in [0, 0.05) is 25.1 Å². The first-order valence-corrected chi connectivity index (χ1v) is 8.25. The minimum Gasteiger partial charge on any atom is -0.477 e. The molecule has 0 bridgehead atoms. The van der Waals surface area contributed by atoms with E-state index in [2.05, 4.69) is 16.8 Å². The fraction of sp³-hybridized carbons (Fsp3) is 0.733. The maximum atomic E-state index is 11.5. The Morgan fingerprint density at radius 1 is 1.52 bits per heavy atom. The van der Waals surface area contributed by atoms with Crippen molar-refractivity contribution >= 4 is 22.4 Å². The largest absolute Gasteiger partial charge is 0.477 e. The number of likely N-dealkylation sites (N-methyl/N-ethyl adjacent to an activating group) is 1. The van der Waals surface area contributed by atoms with Gasteiger partial charge in [0.1, 0.15) is 4.88 Å². The fourth-order valence-corrected chi connectivity index (χ4v) is 3.66. The third-order valence-electron chi connectivity index (χ3n) is 3.62. The van der Waals surface area contributed by atoms with Crippen molar-refractivity contribution in [1.82, 2.24) is 4.98 Å². The summed E-state index contributed by atoms with van der Waals surface area (Å²) < 4.78 is 5.68. The van der Waals surface area contributed by atoms with Gasteiger partial charge in [-0.3, -0.25) is 0 Å². The maximum Gasteiger partial charge on any atom is 0.347 e. The van der Waals surface area contributed by atoms with Crippen molar-refractivity contribution in [2.45, 2.75) is 52.1 Å². The topological polar surface area (TPSA) is 62.7 Å². The molecule has 1 aromatic rings. The number of rotatable bonds is 5. The second-order valence-corrected chi connectivity index (χ2v) is 7.38.